The van der Waals surface area contributed by atoms with Gasteiger partial charge in [-0.25, -0.2) is 4.57 Å². The SMILES string of the molecule is CCCCCCC=CCC=CCC(=O)OC[C@H](COP(=O)(O)OCCN)OC(=O)CC=CCC=CCCCCCC. The van der Waals surface area contributed by atoms with E-state index in [4.69, 9.17) is 24.3 Å². The number of carbonyl (C=O) groups is 2. The summed E-state index contributed by atoms with van der Waals surface area (Å²) in [5.74, 6) is -1.09. The zero-order chi connectivity index (χ0) is 30.4. The van der Waals surface area contributed by atoms with Crippen molar-refractivity contribution < 1.29 is 37.6 Å². The van der Waals surface area contributed by atoms with Gasteiger partial charge in [0.1, 0.15) is 6.61 Å². The second kappa shape index (κ2) is 28.1. The monoisotopic (exact) mass is 599 g/mol. The standard InChI is InChI=1S/C31H54NO8P/c1-3-5-7-9-11-13-15-17-19-21-23-30(33)37-27-29(28-39-41(35,36)38-26-25-32)40-31(34)24-22-20-18-16-14-12-10-8-6-4-2/h13-16,19-22,29H,3-12,17-18,23-28,32H2,1-2H3,(H,35,36)/t29-/m1/s1. The Kier molecular flexibility index (Phi) is 26.7. The molecule has 1 unspecified atom stereocenters. The van der Waals surface area contributed by atoms with Gasteiger partial charge in [0.15, 0.2) is 6.10 Å². The predicted molar refractivity (Wildman–Crippen MR) is 164 cm³/mol. The molecule has 0 saturated carbocycles. The number of allylic oxidation sites excluding steroid dienone is 6. The first-order valence-corrected chi connectivity index (χ1v) is 16.6. The number of esters is 2. The summed E-state index contributed by atoms with van der Waals surface area (Å²) in [7, 11) is -4.39. The molecule has 3 N–H and O–H groups in total. The van der Waals surface area contributed by atoms with E-state index in [0.29, 0.717) is 6.42 Å². The van der Waals surface area contributed by atoms with Crippen LogP contribution >= 0.6 is 7.82 Å². The lowest BCUT2D eigenvalue weighted by Crippen LogP contribution is -2.29. The minimum absolute atomic E-state index is 0.00407. The number of nitrogens with two attached hydrogens (primary N) is 1. The van der Waals surface area contributed by atoms with Crippen molar-refractivity contribution in [3.05, 3.63) is 48.6 Å². The quantitative estimate of drug-likeness (QED) is 0.0433. The summed E-state index contributed by atoms with van der Waals surface area (Å²) in [4.78, 5) is 34.2. The van der Waals surface area contributed by atoms with Gasteiger partial charge in [-0.15, -0.1) is 0 Å². The molecule has 236 valence electrons. The molecule has 9 nitrogen and oxygen atoms in total. The van der Waals surface area contributed by atoms with E-state index < -0.39 is 32.5 Å². The van der Waals surface area contributed by atoms with Crippen molar-refractivity contribution in [3.63, 3.8) is 0 Å². The summed E-state index contributed by atoms with van der Waals surface area (Å²) >= 11 is 0. The van der Waals surface area contributed by atoms with Gasteiger partial charge in [0, 0.05) is 6.54 Å². The van der Waals surface area contributed by atoms with E-state index in [0.717, 1.165) is 19.3 Å². The molecule has 0 aliphatic carbocycles. The Morgan fingerprint density at radius 2 is 1.27 bits per heavy atom. The van der Waals surface area contributed by atoms with Gasteiger partial charge in [0.05, 0.1) is 26.1 Å². The van der Waals surface area contributed by atoms with Crippen LogP contribution in [-0.2, 0) is 32.7 Å². The van der Waals surface area contributed by atoms with E-state index in [1.807, 2.05) is 12.2 Å². The second-order valence-electron chi connectivity index (χ2n) is 9.65. The molecule has 0 aromatic heterocycles. The van der Waals surface area contributed by atoms with E-state index in [-0.39, 0.29) is 32.6 Å². The van der Waals surface area contributed by atoms with Crippen LogP contribution in [0.25, 0.3) is 0 Å². The normalized spacial score (nSPS) is 14.3. The summed E-state index contributed by atoms with van der Waals surface area (Å²) in [6.45, 7) is 3.43. The lowest BCUT2D eigenvalue weighted by molar-refractivity contribution is -0.160. The van der Waals surface area contributed by atoms with Crippen LogP contribution in [0.4, 0.5) is 0 Å². The first kappa shape index (κ1) is 39.0. The fraction of sp³-hybridized carbons (Fsp3) is 0.677. The number of carbonyl (C=O) groups excluding carboxylic acids is 2. The molecule has 0 aromatic carbocycles. The summed E-state index contributed by atoms with van der Waals surface area (Å²) in [5, 5.41) is 0. The van der Waals surface area contributed by atoms with Crippen LogP contribution < -0.4 is 5.73 Å². The first-order chi connectivity index (χ1) is 19.8. The number of hydrogen-bond donors (Lipinski definition) is 2. The van der Waals surface area contributed by atoms with Crippen LogP contribution in [0, 0.1) is 0 Å². The molecular formula is C31H54NO8P. The lowest BCUT2D eigenvalue weighted by Gasteiger charge is -2.19. The maximum absolute atomic E-state index is 12.3. The summed E-state index contributed by atoms with van der Waals surface area (Å²) in [5.41, 5.74) is 5.28. The topological polar surface area (TPSA) is 134 Å². The van der Waals surface area contributed by atoms with Crippen molar-refractivity contribution >= 4 is 19.8 Å². The van der Waals surface area contributed by atoms with Crippen LogP contribution in [-0.4, -0.2) is 49.3 Å². The van der Waals surface area contributed by atoms with E-state index in [9.17, 15) is 19.0 Å². The smallest absolute Gasteiger partial charge is 0.461 e. The molecule has 0 aliphatic heterocycles. The van der Waals surface area contributed by atoms with Crippen molar-refractivity contribution in [1.29, 1.82) is 0 Å². The van der Waals surface area contributed by atoms with E-state index in [1.54, 1.807) is 12.2 Å². The highest BCUT2D eigenvalue weighted by Crippen LogP contribution is 2.43. The van der Waals surface area contributed by atoms with Crippen molar-refractivity contribution in [3.8, 4) is 0 Å². The van der Waals surface area contributed by atoms with Gasteiger partial charge in [-0.3, -0.25) is 18.6 Å². The Morgan fingerprint density at radius 3 is 1.80 bits per heavy atom. The van der Waals surface area contributed by atoms with Crippen LogP contribution in [0.1, 0.15) is 104 Å². The highest BCUT2D eigenvalue weighted by atomic mass is 31.2. The molecule has 0 radical (unpaired) electrons. The number of hydrogen-bond acceptors (Lipinski definition) is 8. The Labute approximate surface area is 247 Å². The van der Waals surface area contributed by atoms with Gasteiger partial charge in [-0.05, 0) is 38.5 Å². The molecule has 0 amide bonds. The van der Waals surface area contributed by atoms with Crippen LogP contribution in [0.15, 0.2) is 48.6 Å². The zero-order valence-corrected chi connectivity index (χ0v) is 26.1. The predicted octanol–water partition coefficient (Wildman–Crippen LogP) is 7.26. The van der Waals surface area contributed by atoms with Gasteiger partial charge in [0.25, 0.3) is 0 Å². The average molecular weight is 600 g/mol. The summed E-state index contributed by atoms with van der Waals surface area (Å²) in [6.07, 6.45) is 27.9. The molecular weight excluding hydrogens is 545 g/mol. The third-order valence-corrected chi connectivity index (χ3v) is 6.74. The minimum atomic E-state index is -4.39. The fourth-order valence-electron chi connectivity index (χ4n) is 3.49. The van der Waals surface area contributed by atoms with Gasteiger partial charge < -0.3 is 20.1 Å². The highest BCUT2D eigenvalue weighted by Gasteiger charge is 2.25. The van der Waals surface area contributed by atoms with Crippen molar-refractivity contribution in [2.75, 3.05) is 26.4 Å². The van der Waals surface area contributed by atoms with E-state index in [2.05, 4.69) is 38.2 Å². The van der Waals surface area contributed by atoms with Crippen LogP contribution in [0.3, 0.4) is 0 Å². The molecule has 0 spiro atoms. The van der Waals surface area contributed by atoms with Gasteiger partial charge in [0.2, 0.25) is 0 Å². The molecule has 2 atom stereocenters. The molecule has 0 rings (SSSR count). The number of unbranched alkanes of at least 4 members (excludes halogenated alkanes) is 8. The maximum atomic E-state index is 12.3. The van der Waals surface area contributed by atoms with Crippen molar-refractivity contribution in [1.82, 2.24) is 0 Å². The third kappa shape index (κ3) is 27.9. The third-order valence-electron chi connectivity index (χ3n) is 5.75. The van der Waals surface area contributed by atoms with Crippen molar-refractivity contribution in [2.45, 2.75) is 110 Å². The second-order valence-corrected chi connectivity index (χ2v) is 11.1. The maximum Gasteiger partial charge on any atom is 0.472 e. The molecule has 0 bridgehead atoms. The Balaban J connectivity index is 4.58. The number of phosphoric ester groups is 1. The zero-order valence-electron chi connectivity index (χ0n) is 25.3. The number of phosphoric acid groups is 1. The van der Waals surface area contributed by atoms with Crippen LogP contribution in [0.5, 0.6) is 0 Å². The molecule has 0 saturated heterocycles. The number of rotatable bonds is 27. The molecule has 0 heterocycles. The first-order valence-electron chi connectivity index (χ1n) is 15.1. The molecule has 0 aromatic rings. The fourth-order valence-corrected chi connectivity index (χ4v) is 4.26. The number of ether oxygens (including phenoxy) is 2. The molecule has 0 fully saturated rings. The van der Waals surface area contributed by atoms with Gasteiger partial charge in [-0.2, -0.15) is 0 Å². The Hall–Kier alpha value is -2.03. The van der Waals surface area contributed by atoms with Gasteiger partial charge in [-0.1, -0.05) is 101 Å². The van der Waals surface area contributed by atoms with Gasteiger partial charge >= 0.3 is 19.8 Å². The molecule has 10 heteroatoms. The molecule has 0 aliphatic rings. The highest BCUT2D eigenvalue weighted by molar-refractivity contribution is 7.47. The van der Waals surface area contributed by atoms with Crippen molar-refractivity contribution in [2.24, 2.45) is 5.73 Å². The average Bonchev–Trinajstić information content (AvgIpc) is 2.95. The Morgan fingerprint density at radius 1 is 0.732 bits per heavy atom. The minimum Gasteiger partial charge on any atom is -0.461 e. The largest absolute Gasteiger partial charge is 0.472 e. The summed E-state index contributed by atoms with van der Waals surface area (Å²) < 4.78 is 32.1. The Bertz CT molecular complexity index is 825. The van der Waals surface area contributed by atoms with E-state index >= 15 is 0 Å². The summed E-state index contributed by atoms with van der Waals surface area (Å²) in [6, 6.07) is 0. The molecule has 41 heavy (non-hydrogen) atoms. The lowest BCUT2D eigenvalue weighted by atomic mass is 10.1. The van der Waals surface area contributed by atoms with Crippen LogP contribution in [0.2, 0.25) is 0 Å². The van der Waals surface area contributed by atoms with E-state index in [1.165, 1.54) is 51.4 Å².